The van der Waals surface area contributed by atoms with Gasteiger partial charge in [0, 0.05) is 17.7 Å². The third-order valence-corrected chi connectivity index (χ3v) is 1.62. The van der Waals surface area contributed by atoms with Crippen molar-refractivity contribution in [1.82, 2.24) is 0 Å². The fourth-order valence-electron chi connectivity index (χ4n) is 0.923. The van der Waals surface area contributed by atoms with Crippen molar-refractivity contribution >= 4 is 12.0 Å². The van der Waals surface area contributed by atoms with Gasteiger partial charge >= 0.3 is 5.97 Å². The van der Waals surface area contributed by atoms with Crippen molar-refractivity contribution in [1.29, 1.82) is 0 Å². The highest BCUT2D eigenvalue weighted by Gasteiger charge is 2.08. The Balaban J connectivity index is 3.04. The highest BCUT2D eigenvalue weighted by atomic mass is 19.2. The highest BCUT2D eigenvalue weighted by Crippen LogP contribution is 2.15. The largest absolute Gasteiger partial charge is 0.466 e. The standard InChI is InChI=1S/C10H7F3O2/c1-15-9(14)3-2-6-4-7(11)5-8(12)10(6)13/h2-5H,1H3. The second kappa shape index (κ2) is 4.63. The maximum atomic E-state index is 13.0. The van der Waals surface area contributed by atoms with Gasteiger partial charge in [0.2, 0.25) is 0 Å². The third kappa shape index (κ3) is 2.83. The molecule has 0 aliphatic carbocycles. The van der Waals surface area contributed by atoms with E-state index in [-0.39, 0.29) is 5.56 Å². The van der Waals surface area contributed by atoms with Crippen LogP contribution in [-0.2, 0) is 9.53 Å². The molecule has 80 valence electrons. The average Bonchev–Trinajstić information content (AvgIpc) is 2.20. The van der Waals surface area contributed by atoms with Crippen molar-refractivity contribution in [2.24, 2.45) is 0 Å². The van der Waals surface area contributed by atoms with Gasteiger partial charge in [-0.05, 0) is 12.1 Å². The summed E-state index contributed by atoms with van der Waals surface area (Å²) in [5, 5.41) is 0. The number of halogens is 3. The number of carbonyl (C=O) groups excluding carboxylic acids is 1. The van der Waals surface area contributed by atoms with E-state index in [1.54, 1.807) is 0 Å². The minimum Gasteiger partial charge on any atom is -0.466 e. The van der Waals surface area contributed by atoms with Crippen molar-refractivity contribution in [2.45, 2.75) is 0 Å². The molecule has 1 aromatic rings. The van der Waals surface area contributed by atoms with Crippen LogP contribution < -0.4 is 0 Å². The van der Waals surface area contributed by atoms with E-state index in [2.05, 4.69) is 4.74 Å². The molecule has 0 fully saturated rings. The van der Waals surface area contributed by atoms with Gasteiger partial charge in [0.15, 0.2) is 11.6 Å². The summed E-state index contributed by atoms with van der Waals surface area (Å²) in [5.74, 6) is -4.17. The van der Waals surface area contributed by atoms with Crippen LogP contribution in [0.5, 0.6) is 0 Å². The Morgan fingerprint density at radius 1 is 1.33 bits per heavy atom. The number of methoxy groups -OCH3 is 1. The Bertz CT molecular complexity index is 413. The molecule has 5 heteroatoms. The number of carbonyl (C=O) groups is 1. The fourth-order valence-corrected chi connectivity index (χ4v) is 0.923. The van der Waals surface area contributed by atoms with E-state index in [0.717, 1.165) is 25.3 Å². The minimum atomic E-state index is -1.31. The molecule has 0 heterocycles. The van der Waals surface area contributed by atoms with Crippen molar-refractivity contribution in [3.63, 3.8) is 0 Å². The van der Waals surface area contributed by atoms with Crippen LogP contribution in [-0.4, -0.2) is 13.1 Å². The first-order chi connectivity index (χ1) is 7.04. The van der Waals surface area contributed by atoms with E-state index in [0.29, 0.717) is 6.07 Å². The zero-order valence-electron chi connectivity index (χ0n) is 7.76. The van der Waals surface area contributed by atoms with Gasteiger partial charge in [0.05, 0.1) is 7.11 Å². The van der Waals surface area contributed by atoms with Crippen LogP contribution in [0, 0.1) is 17.5 Å². The van der Waals surface area contributed by atoms with Crippen LogP contribution >= 0.6 is 0 Å². The van der Waals surface area contributed by atoms with Crippen molar-refractivity contribution in [2.75, 3.05) is 7.11 Å². The molecular formula is C10H7F3O2. The van der Waals surface area contributed by atoms with Gasteiger partial charge in [-0.2, -0.15) is 0 Å². The molecule has 1 aromatic carbocycles. The van der Waals surface area contributed by atoms with E-state index < -0.39 is 23.4 Å². The Labute approximate surface area is 84.0 Å². The molecule has 0 amide bonds. The van der Waals surface area contributed by atoms with E-state index >= 15 is 0 Å². The zero-order valence-corrected chi connectivity index (χ0v) is 7.76. The molecule has 0 spiro atoms. The van der Waals surface area contributed by atoms with Crippen LogP contribution in [0.25, 0.3) is 6.08 Å². The summed E-state index contributed by atoms with van der Waals surface area (Å²) in [7, 11) is 1.13. The second-order valence-electron chi connectivity index (χ2n) is 2.65. The molecule has 0 atom stereocenters. The predicted molar refractivity (Wildman–Crippen MR) is 47.4 cm³/mol. The van der Waals surface area contributed by atoms with Crippen molar-refractivity contribution < 1.29 is 22.7 Å². The van der Waals surface area contributed by atoms with Gasteiger partial charge in [-0.15, -0.1) is 0 Å². The normalized spacial score (nSPS) is 10.7. The molecule has 0 N–H and O–H groups in total. The summed E-state index contributed by atoms with van der Waals surface area (Å²) in [5.41, 5.74) is -0.349. The van der Waals surface area contributed by atoms with Gasteiger partial charge in [-0.3, -0.25) is 0 Å². The number of rotatable bonds is 2. The summed E-state index contributed by atoms with van der Waals surface area (Å²) >= 11 is 0. The summed E-state index contributed by atoms with van der Waals surface area (Å²) in [6, 6.07) is 1.20. The average molecular weight is 216 g/mol. The second-order valence-corrected chi connectivity index (χ2v) is 2.65. The monoisotopic (exact) mass is 216 g/mol. The Hall–Kier alpha value is -1.78. The predicted octanol–water partition coefficient (Wildman–Crippen LogP) is 2.29. The van der Waals surface area contributed by atoms with Crippen LogP contribution in [0.4, 0.5) is 13.2 Å². The molecular weight excluding hydrogens is 209 g/mol. The molecule has 0 saturated carbocycles. The van der Waals surface area contributed by atoms with E-state index in [1.165, 1.54) is 0 Å². The number of hydrogen-bond donors (Lipinski definition) is 0. The van der Waals surface area contributed by atoms with E-state index in [4.69, 9.17) is 0 Å². The van der Waals surface area contributed by atoms with Crippen molar-refractivity contribution in [3.8, 4) is 0 Å². The maximum Gasteiger partial charge on any atom is 0.330 e. The molecule has 0 saturated heterocycles. The molecule has 0 bridgehead atoms. The first-order valence-electron chi connectivity index (χ1n) is 3.95. The molecule has 0 unspecified atom stereocenters. The Morgan fingerprint density at radius 3 is 2.60 bits per heavy atom. The Kier molecular flexibility index (Phi) is 3.49. The lowest BCUT2D eigenvalue weighted by Crippen LogP contribution is -1.95. The fraction of sp³-hybridized carbons (Fsp3) is 0.100. The number of hydrogen-bond acceptors (Lipinski definition) is 2. The number of esters is 1. The van der Waals surface area contributed by atoms with Gasteiger partial charge in [-0.25, -0.2) is 18.0 Å². The summed E-state index contributed by atoms with van der Waals surface area (Å²) in [4.78, 5) is 10.6. The quantitative estimate of drug-likeness (QED) is 0.430. The zero-order chi connectivity index (χ0) is 11.4. The van der Waals surface area contributed by atoms with E-state index in [1.807, 2.05) is 0 Å². The van der Waals surface area contributed by atoms with Gasteiger partial charge in [0.1, 0.15) is 5.82 Å². The van der Waals surface area contributed by atoms with Crippen LogP contribution in [0.15, 0.2) is 18.2 Å². The summed E-state index contributed by atoms with van der Waals surface area (Å²) < 4.78 is 42.6. The molecule has 1 rings (SSSR count). The summed E-state index contributed by atoms with van der Waals surface area (Å²) in [6.45, 7) is 0. The molecule has 2 nitrogen and oxygen atoms in total. The first-order valence-corrected chi connectivity index (χ1v) is 3.95. The summed E-state index contributed by atoms with van der Waals surface area (Å²) in [6.07, 6.45) is 1.81. The van der Waals surface area contributed by atoms with Gasteiger partial charge < -0.3 is 4.74 Å². The maximum absolute atomic E-state index is 13.0. The topological polar surface area (TPSA) is 26.3 Å². The molecule has 0 aliphatic heterocycles. The van der Waals surface area contributed by atoms with Crippen molar-refractivity contribution in [3.05, 3.63) is 41.2 Å². The van der Waals surface area contributed by atoms with Crippen LogP contribution in [0.2, 0.25) is 0 Å². The van der Waals surface area contributed by atoms with E-state index in [9.17, 15) is 18.0 Å². The minimum absolute atomic E-state index is 0.349. The smallest absolute Gasteiger partial charge is 0.330 e. The molecule has 0 radical (unpaired) electrons. The Morgan fingerprint density at radius 2 is 2.00 bits per heavy atom. The molecule has 0 aromatic heterocycles. The lowest BCUT2D eigenvalue weighted by atomic mass is 10.2. The molecule has 0 aliphatic rings. The van der Waals surface area contributed by atoms with Crippen LogP contribution in [0.1, 0.15) is 5.56 Å². The van der Waals surface area contributed by atoms with Gasteiger partial charge in [0.25, 0.3) is 0 Å². The number of benzene rings is 1. The SMILES string of the molecule is COC(=O)C=Cc1cc(F)cc(F)c1F. The first kappa shape index (κ1) is 11.3. The van der Waals surface area contributed by atoms with Gasteiger partial charge in [-0.1, -0.05) is 0 Å². The van der Waals surface area contributed by atoms with Crippen LogP contribution in [0.3, 0.4) is 0 Å². The lowest BCUT2D eigenvalue weighted by molar-refractivity contribution is -0.134. The molecule has 15 heavy (non-hydrogen) atoms. The number of ether oxygens (including phenoxy) is 1. The lowest BCUT2D eigenvalue weighted by Gasteiger charge is -1.98. The highest BCUT2D eigenvalue weighted by molar-refractivity contribution is 5.86. The third-order valence-electron chi connectivity index (χ3n) is 1.62.